The van der Waals surface area contributed by atoms with Crippen LogP contribution in [0.5, 0.6) is 0 Å². The standard InChI is InChI=1S/C8H17N2/c1-4-5-7-10(3)8-6-9-2/h6,8H,4-5,7H2,1-3H3/q+1. The Morgan fingerprint density at radius 2 is 2.20 bits per heavy atom. The van der Waals surface area contributed by atoms with Crippen LogP contribution < -0.4 is 0 Å². The summed E-state index contributed by atoms with van der Waals surface area (Å²) >= 11 is 0. The fraction of sp³-hybridized carbons (Fsp3) is 0.750. The molecule has 0 aliphatic rings. The van der Waals surface area contributed by atoms with Gasteiger partial charge in [-0.05, 0) is 0 Å². The molecule has 0 radical (unpaired) electrons. The Morgan fingerprint density at radius 1 is 1.50 bits per heavy atom. The number of aliphatic imine (C=N–C) groups is 1. The van der Waals surface area contributed by atoms with E-state index in [2.05, 4.69) is 23.5 Å². The Hall–Kier alpha value is -0.660. The first-order chi connectivity index (χ1) is 4.81. The molecule has 0 bridgehead atoms. The van der Waals surface area contributed by atoms with Gasteiger partial charge in [-0.3, -0.25) is 4.99 Å². The van der Waals surface area contributed by atoms with E-state index in [1.165, 1.54) is 12.8 Å². The number of hydrogen-bond acceptors (Lipinski definition) is 1. The Labute approximate surface area is 63.3 Å². The van der Waals surface area contributed by atoms with E-state index < -0.39 is 0 Å². The molecule has 0 saturated heterocycles. The van der Waals surface area contributed by atoms with Crippen LogP contribution in [0.2, 0.25) is 0 Å². The fourth-order valence-corrected chi connectivity index (χ4v) is 0.663. The zero-order chi connectivity index (χ0) is 7.82. The van der Waals surface area contributed by atoms with E-state index in [1.807, 2.05) is 12.4 Å². The van der Waals surface area contributed by atoms with Crippen LogP contribution in [0.25, 0.3) is 0 Å². The molecule has 0 fully saturated rings. The first kappa shape index (κ1) is 9.34. The van der Waals surface area contributed by atoms with Crippen LogP contribution in [-0.4, -0.2) is 37.6 Å². The molecule has 0 rings (SSSR count). The van der Waals surface area contributed by atoms with Gasteiger partial charge in [0.2, 0.25) is 0 Å². The van der Waals surface area contributed by atoms with Crippen molar-refractivity contribution in [2.45, 2.75) is 19.8 Å². The van der Waals surface area contributed by atoms with Crippen molar-refractivity contribution in [2.75, 3.05) is 20.6 Å². The minimum Gasteiger partial charge on any atom is -0.290 e. The largest absolute Gasteiger partial charge is 0.290 e. The van der Waals surface area contributed by atoms with Crippen LogP contribution >= 0.6 is 0 Å². The lowest BCUT2D eigenvalue weighted by Gasteiger charge is -1.91. The predicted molar refractivity (Wildman–Crippen MR) is 46.4 cm³/mol. The lowest BCUT2D eigenvalue weighted by molar-refractivity contribution is -0.491. The van der Waals surface area contributed by atoms with Gasteiger partial charge in [0.05, 0.1) is 6.21 Å². The molecule has 0 saturated carbocycles. The van der Waals surface area contributed by atoms with E-state index in [1.54, 1.807) is 7.05 Å². The van der Waals surface area contributed by atoms with Gasteiger partial charge in [0, 0.05) is 13.5 Å². The second-order valence-electron chi connectivity index (χ2n) is 2.39. The van der Waals surface area contributed by atoms with Crippen molar-refractivity contribution >= 4 is 12.4 Å². The minimum absolute atomic E-state index is 1.13. The summed E-state index contributed by atoms with van der Waals surface area (Å²) < 4.78 is 2.15. The summed E-state index contributed by atoms with van der Waals surface area (Å²) in [7, 11) is 3.85. The van der Waals surface area contributed by atoms with Crippen molar-refractivity contribution in [1.29, 1.82) is 0 Å². The fourth-order valence-electron chi connectivity index (χ4n) is 0.663. The summed E-state index contributed by atoms with van der Waals surface area (Å²) in [5.41, 5.74) is 0. The first-order valence-corrected chi connectivity index (χ1v) is 3.77. The summed E-state index contributed by atoms with van der Waals surface area (Å²) in [5, 5.41) is 0. The summed E-state index contributed by atoms with van der Waals surface area (Å²) in [5.74, 6) is 0. The second kappa shape index (κ2) is 6.46. The molecule has 2 heteroatoms. The second-order valence-corrected chi connectivity index (χ2v) is 2.39. The Morgan fingerprint density at radius 3 is 2.70 bits per heavy atom. The summed E-state index contributed by atoms with van der Waals surface area (Å²) in [6, 6.07) is 0. The third kappa shape index (κ3) is 5.48. The van der Waals surface area contributed by atoms with E-state index in [-0.39, 0.29) is 0 Å². The van der Waals surface area contributed by atoms with Crippen molar-refractivity contribution in [3.05, 3.63) is 0 Å². The third-order valence-corrected chi connectivity index (χ3v) is 1.33. The highest BCUT2D eigenvalue weighted by atomic mass is 14.9. The first-order valence-electron chi connectivity index (χ1n) is 3.77. The number of nitrogens with zero attached hydrogens (tertiary/aromatic N) is 2. The van der Waals surface area contributed by atoms with E-state index in [0.717, 1.165) is 6.54 Å². The lowest BCUT2D eigenvalue weighted by Crippen LogP contribution is -2.08. The molecule has 58 valence electrons. The van der Waals surface area contributed by atoms with Gasteiger partial charge in [-0.2, -0.15) is 0 Å². The van der Waals surface area contributed by atoms with Crippen molar-refractivity contribution in [2.24, 2.45) is 4.99 Å². The minimum atomic E-state index is 1.13. The van der Waals surface area contributed by atoms with Crippen molar-refractivity contribution in [3.8, 4) is 0 Å². The smallest absolute Gasteiger partial charge is 0.181 e. The molecule has 10 heavy (non-hydrogen) atoms. The number of hydrogen-bond donors (Lipinski definition) is 0. The summed E-state index contributed by atoms with van der Waals surface area (Å²) in [6.45, 7) is 3.32. The van der Waals surface area contributed by atoms with E-state index in [9.17, 15) is 0 Å². The Balaban J connectivity index is 3.49. The molecule has 0 unspecified atom stereocenters. The number of rotatable bonds is 4. The van der Waals surface area contributed by atoms with Gasteiger partial charge in [-0.15, -0.1) is 0 Å². The molecule has 0 atom stereocenters. The topological polar surface area (TPSA) is 15.4 Å². The van der Waals surface area contributed by atoms with Crippen LogP contribution in [0.4, 0.5) is 0 Å². The highest BCUT2D eigenvalue weighted by Crippen LogP contribution is 1.84. The predicted octanol–water partition coefficient (Wildman–Crippen LogP) is 1.20. The quantitative estimate of drug-likeness (QED) is 0.413. The van der Waals surface area contributed by atoms with Crippen molar-refractivity contribution in [1.82, 2.24) is 0 Å². The molecule has 0 amide bonds. The summed E-state index contributed by atoms with van der Waals surface area (Å²) in [4.78, 5) is 3.86. The average Bonchev–Trinajstić information content (AvgIpc) is 1.97. The average molecular weight is 141 g/mol. The third-order valence-electron chi connectivity index (χ3n) is 1.33. The molecular weight excluding hydrogens is 124 g/mol. The lowest BCUT2D eigenvalue weighted by atomic mass is 10.3. The zero-order valence-electron chi connectivity index (χ0n) is 7.17. The van der Waals surface area contributed by atoms with E-state index in [0.29, 0.717) is 0 Å². The van der Waals surface area contributed by atoms with Gasteiger partial charge in [-0.25, -0.2) is 4.58 Å². The maximum atomic E-state index is 3.86. The maximum absolute atomic E-state index is 3.86. The monoisotopic (exact) mass is 141 g/mol. The van der Waals surface area contributed by atoms with Gasteiger partial charge in [0.1, 0.15) is 13.6 Å². The molecule has 0 heterocycles. The molecule has 0 aromatic carbocycles. The summed E-state index contributed by atoms with van der Waals surface area (Å²) in [6.07, 6.45) is 6.32. The van der Waals surface area contributed by atoms with Crippen LogP contribution in [0, 0.1) is 0 Å². The van der Waals surface area contributed by atoms with Crippen molar-refractivity contribution in [3.63, 3.8) is 0 Å². The van der Waals surface area contributed by atoms with Gasteiger partial charge in [-0.1, -0.05) is 13.3 Å². The van der Waals surface area contributed by atoms with Gasteiger partial charge >= 0.3 is 0 Å². The molecule has 0 aliphatic heterocycles. The molecular formula is C8H17N2+. The molecule has 0 aromatic rings. The van der Waals surface area contributed by atoms with Gasteiger partial charge in [0.25, 0.3) is 0 Å². The van der Waals surface area contributed by atoms with E-state index in [4.69, 9.17) is 0 Å². The van der Waals surface area contributed by atoms with Crippen LogP contribution in [0.1, 0.15) is 19.8 Å². The van der Waals surface area contributed by atoms with Crippen molar-refractivity contribution < 1.29 is 4.58 Å². The highest BCUT2D eigenvalue weighted by molar-refractivity contribution is 6.13. The Kier molecular flexibility index (Phi) is 6.03. The van der Waals surface area contributed by atoms with Crippen LogP contribution in [-0.2, 0) is 0 Å². The SMILES string of the molecule is CCCC[N+](C)=CC=NC. The zero-order valence-corrected chi connectivity index (χ0v) is 7.17. The highest BCUT2D eigenvalue weighted by Gasteiger charge is 1.90. The molecule has 0 aliphatic carbocycles. The van der Waals surface area contributed by atoms with E-state index >= 15 is 0 Å². The van der Waals surface area contributed by atoms with Crippen LogP contribution in [0.15, 0.2) is 4.99 Å². The normalized spacial score (nSPS) is 12.9. The molecule has 0 spiro atoms. The molecule has 2 nitrogen and oxygen atoms in total. The maximum Gasteiger partial charge on any atom is 0.181 e. The molecule has 0 N–H and O–H groups in total. The van der Waals surface area contributed by atoms with Gasteiger partial charge in [0.15, 0.2) is 6.21 Å². The van der Waals surface area contributed by atoms with Gasteiger partial charge < -0.3 is 0 Å². The van der Waals surface area contributed by atoms with Crippen LogP contribution in [0.3, 0.4) is 0 Å². The Bertz CT molecular complexity index is 125. The molecule has 0 aromatic heterocycles. The number of unbranched alkanes of at least 4 members (excludes halogenated alkanes) is 1.